The second-order valence-electron chi connectivity index (χ2n) is 6.22. The van der Waals surface area contributed by atoms with Crippen molar-refractivity contribution < 1.29 is 9.32 Å². The van der Waals surface area contributed by atoms with Gasteiger partial charge in [-0.1, -0.05) is 17.3 Å². The number of nitrogens with zero attached hydrogens (tertiary/aromatic N) is 5. The maximum atomic E-state index is 12.4. The molecule has 4 rings (SSSR count). The molecule has 1 N–H and O–H groups in total. The summed E-state index contributed by atoms with van der Waals surface area (Å²) in [6.45, 7) is 0. The molecule has 0 aliphatic heterocycles. The van der Waals surface area contributed by atoms with Crippen LogP contribution >= 0.6 is 11.8 Å². The molecule has 0 saturated heterocycles. The van der Waals surface area contributed by atoms with E-state index >= 15 is 0 Å². The van der Waals surface area contributed by atoms with Crippen molar-refractivity contribution in [3.63, 3.8) is 0 Å². The Morgan fingerprint density at radius 1 is 1.21 bits per heavy atom. The van der Waals surface area contributed by atoms with Crippen LogP contribution in [0.2, 0.25) is 0 Å². The monoisotopic (exact) mass is 406 g/mol. The fraction of sp³-hybridized carbons (Fsp3) is 0.150. The molecule has 29 heavy (non-hydrogen) atoms. The van der Waals surface area contributed by atoms with Crippen LogP contribution < -0.4 is 5.32 Å². The summed E-state index contributed by atoms with van der Waals surface area (Å²) in [6.07, 6.45) is 7.56. The van der Waals surface area contributed by atoms with Gasteiger partial charge in [-0.05, 0) is 36.0 Å². The average molecular weight is 406 g/mol. The highest BCUT2D eigenvalue weighted by atomic mass is 32.2. The molecule has 9 heteroatoms. The van der Waals surface area contributed by atoms with Crippen LogP contribution in [0, 0.1) is 0 Å². The van der Waals surface area contributed by atoms with Gasteiger partial charge in [0, 0.05) is 55.1 Å². The molecule has 4 aromatic rings. The van der Waals surface area contributed by atoms with Crippen LogP contribution in [0.5, 0.6) is 0 Å². The standard InChI is InChI=1S/C20H18N6O2S/c1-26-12-11-22-20(26)29-16-7-3-2-6-15(16)23-17(27)8-9-18-24-19(25-28-18)14-5-4-10-21-13-14/h2-7,10-13H,8-9H2,1H3,(H,23,27). The number of hydrogen-bond donors (Lipinski definition) is 1. The molecule has 8 nitrogen and oxygen atoms in total. The first-order valence-corrected chi connectivity index (χ1v) is 9.78. The molecule has 0 aliphatic rings. The summed E-state index contributed by atoms with van der Waals surface area (Å²) >= 11 is 1.50. The lowest BCUT2D eigenvalue weighted by molar-refractivity contribution is -0.116. The molecule has 0 spiro atoms. The molecule has 146 valence electrons. The van der Waals surface area contributed by atoms with Crippen molar-refractivity contribution >= 4 is 23.4 Å². The van der Waals surface area contributed by atoms with Crippen molar-refractivity contribution in [2.24, 2.45) is 7.05 Å². The average Bonchev–Trinajstić information content (AvgIpc) is 3.38. The van der Waals surface area contributed by atoms with Gasteiger partial charge in [-0.2, -0.15) is 4.98 Å². The van der Waals surface area contributed by atoms with E-state index in [1.807, 2.05) is 48.1 Å². The number of nitrogens with one attached hydrogen (secondary N) is 1. The van der Waals surface area contributed by atoms with Gasteiger partial charge in [0.1, 0.15) is 0 Å². The number of carbonyl (C=O) groups is 1. The third kappa shape index (κ3) is 4.69. The Labute approximate surface area is 171 Å². The van der Waals surface area contributed by atoms with Crippen LogP contribution in [0.3, 0.4) is 0 Å². The SMILES string of the molecule is Cn1ccnc1Sc1ccccc1NC(=O)CCc1nc(-c2cccnc2)no1. The minimum absolute atomic E-state index is 0.126. The highest BCUT2D eigenvalue weighted by molar-refractivity contribution is 7.99. The maximum Gasteiger partial charge on any atom is 0.227 e. The molecule has 0 radical (unpaired) electrons. The minimum Gasteiger partial charge on any atom is -0.339 e. The van der Waals surface area contributed by atoms with E-state index in [0.717, 1.165) is 21.3 Å². The van der Waals surface area contributed by atoms with Crippen LogP contribution in [0.1, 0.15) is 12.3 Å². The van der Waals surface area contributed by atoms with Gasteiger partial charge in [0.2, 0.25) is 17.6 Å². The third-order valence-electron chi connectivity index (χ3n) is 4.09. The van der Waals surface area contributed by atoms with E-state index in [1.165, 1.54) is 11.8 Å². The second kappa shape index (κ2) is 8.70. The fourth-order valence-corrected chi connectivity index (χ4v) is 3.50. The number of aromatic nitrogens is 5. The Morgan fingerprint density at radius 2 is 2.10 bits per heavy atom. The Balaban J connectivity index is 1.37. The number of amides is 1. The molecule has 1 amide bonds. The van der Waals surface area contributed by atoms with Crippen LogP contribution in [0.4, 0.5) is 5.69 Å². The third-order valence-corrected chi connectivity index (χ3v) is 5.24. The van der Waals surface area contributed by atoms with Gasteiger partial charge in [-0.25, -0.2) is 4.98 Å². The zero-order valence-corrected chi connectivity index (χ0v) is 16.5. The number of hydrogen-bond acceptors (Lipinski definition) is 7. The smallest absolute Gasteiger partial charge is 0.227 e. The number of anilines is 1. The predicted octanol–water partition coefficient (Wildman–Crippen LogP) is 3.59. The molecule has 3 heterocycles. The highest BCUT2D eigenvalue weighted by Gasteiger charge is 2.13. The minimum atomic E-state index is -0.126. The summed E-state index contributed by atoms with van der Waals surface area (Å²) in [7, 11) is 1.93. The van der Waals surface area contributed by atoms with Crippen molar-refractivity contribution in [2.75, 3.05) is 5.32 Å². The van der Waals surface area contributed by atoms with Crippen molar-refractivity contribution in [3.8, 4) is 11.4 Å². The molecule has 0 saturated carbocycles. The van der Waals surface area contributed by atoms with Crippen molar-refractivity contribution in [1.29, 1.82) is 0 Å². The largest absolute Gasteiger partial charge is 0.339 e. The summed E-state index contributed by atoms with van der Waals surface area (Å²) in [5, 5.41) is 7.74. The second-order valence-corrected chi connectivity index (χ2v) is 7.23. The van der Waals surface area contributed by atoms with E-state index in [9.17, 15) is 4.79 Å². The van der Waals surface area contributed by atoms with Gasteiger partial charge in [-0.3, -0.25) is 9.78 Å². The van der Waals surface area contributed by atoms with Crippen LogP contribution in [0.25, 0.3) is 11.4 Å². The van der Waals surface area contributed by atoms with Crippen LogP contribution in [-0.4, -0.2) is 30.6 Å². The number of aryl methyl sites for hydroxylation is 2. The molecule has 0 bridgehead atoms. The highest BCUT2D eigenvalue weighted by Crippen LogP contribution is 2.32. The number of benzene rings is 1. The molecule has 3 aromatic heterocycles. The lowest BCUT2D eigenvalue weighted by Gasteiger charge is -2.10. The van der Waals surface area contributed by atoms with Gasteiger partial charge >= 0.3 is 0 Å². The summed E-state index contributed by atoms with van der Waals surface area (Å²) in [6, 6.07) is 11.3. The number of rotatable bonds is 7. The maximum absolute atomic E-state index is 12.4. The Morgan fingerprint density at radius 3 is 2.90 bits per heavy atom. The molecule has 0 atom stereocenters. The predicted molar refractivity (Wildman–Crippen MR) is 108 cm³/mol. The van der Waals surface area contributed by atoms with E-state index in [0.29, 0.717) is 18.1 Å². The fourth-order valence-electron chi connectivity index (χ4n) is 2.61. The first-order valence-electron chi connectivity index (χ1n) is 8.96. The topological polar surface area (TPSA) is 98.7 Å². The summed E-state index contributed by atoms with van der Waals surface area (Å²) < 4.78 is 7.17. The van der Waals surface area contributed by atoms with Gasteiger partial charge in [0.15, 0.2) is 5.16 Å². The molecule has 0 unspecified atom stereocenters. The van der Waals surface area contributed by atoms with Gasteiger partial charge in [0.25, 0.3) is 0 Å². The first-order chi connectivity index (χ1) is 14.2. The Kier molecular flexibility index (Phi) is 5.66. The summed E-state index contributed by atoms with van der Waals surface area (Å²) in [4.78, 5) is 26.0. The normalized spacial score (nSPS) is 10.8. The molecular formula is C20H18N6O2S. The Hall–Kier alpha value is -3.46. The van der Waals surface area contributed by atoms with Gasteiger partial charge in [0.05, 0.1) is 5.69 Å². The van der Waals surface area contributed by atoms with E-state index in [4.69, 9.17) is 4.52 Å². The van der Waals surface area contributed by atoms with Crippen LogP contribution in [-0.2, 0) is 18.3 Å². The summed E-state index contributed by atoms with van der Waals surface area (Å²) in [5.74, 6) is 0.749. The molecule has 1 aromatic carbocycles. The molecular weight excluding hydrogens is 388 g/mol. The zero-order chi connectivity index (χ0) is 20.1. The van der Waals surface area contributed by atoms with E-state index in [2.05, 4.69) is 25.4 Å². The van der Waals surface area contributed by atoms with Crippen molar-refractivity contribution in [2.45, 2.75) is 22.9 Å². The Bertz CT molecular complexity index is 1110. The summed E-state index contributed by atoms with van der Waals surface area (Å²) in [5.41, 5.74) is 1.51. The first kappa shape index (κ1) is 18.9. The van der Waals surface area contributed by atoms with Crippen LogP contribution in [0.15, 0.2) is 75.8 Å². The van der Waals surface area contributed by atoms with Gasteiger partial charge in [-0.15, -0.1) is 0 Å². The van der Waals surface area contributed by atoms with E-state index in [-0.39, 0.29) is 12.3 Å². The van der Waals surface area contributed by atoms with Crippen molar-refractivity contribution in [3.05, 3.63) is 67.1 Å². The number of para-hydroxylation sites is 1. The lowest BCUT2D eigenvalue weighted by atomic mass is 10.2. The number of imidazole rings is 1. The number of pyridine rings is 1. The lowest BCUT2D eigenvalue weighted by Crippen LogP contribution is -2.13. The quantitative estimate of drug-likeness (QED) is 0.501. The van der Waals surface area contributed by atoms with E-state index < -0.39 is 0 Å². The zero-order valence-electron chi connectivity index (χ0n) is 15.6. The van der Waals surface area contributed by atoms with E-state index in [1.54, 1.807) is 24.7 Å². The van der Waals surface area contributed by atoms with Gasteiger partial charge < -0.3 is 14.4 Å². The molecule has 0 fully saturated rings. The number of carbonyl (C=O) groups excluding carboxylic acids is 1. The van der Waals surface area contributed by atoms with Crippen molar-refractivity contribution in [1.82, 2.24) is 24.7 Å². The molecule has 0 aliphatic carbocycles.